The van der Waals surface area contributed by atoms with Crippen LogP contribution in [0.3, 0.4) is 0 Å². The zero-order chi connectivity index (χ0) is 21.0. The number of carbonyl (C=O) groups excluding carboxylic acids is 1. The molecule has 5 rings (SSSR count). The van der Waals surface area contributed by atoms with Crippen molar-refractivity contribution in [2.45, 2.75) is 45.6 Å². The average Bonchev–Trinajstić information content (AvgIpc) is 3.03. The van der Waals surface area contributed by atoms with Crippen LogP contribution in [0.15, 0.2) is 54.6 Å². The van der Waals surface area contributed by atoms with E-state index in [-0.39, 0.29) is 23.3 Å². The Morgan fingerprint density at radius 1 is 1.10 bits per heavy atom. The van der Waals surface area contributed by atoms with Gasteiger partial charge in [-0.15, -0.1) is 0 Å². The summed E-state index contributed by atoms with van der Waals surface area (Å²) in [6, 6.07) is 18.2. The molecule has 1 fully saturated rings. The van der Waals surface area contributed by atoms with Crippen molar-refractivity contribution >= 4 is 23.2 Å². The van der Waals surface area contributed by atoms with Gasteiger partial charge in [-0.1, -0.05) is 55.8 Å². The van der Waals surface area contributed by atoms with Gasteiger partial charge in [0.15, 0.2) is 0 Å². The topological polar surface area (TPSA) is 46.9 Å². The summed E-state index contributed by atoms with van der Waals surface area (Å²) in [7, 11) is 0. The van der Waals surface area contributed by atoms with Crippen LogP contribution in [0.4, 0.5) is 5.82 Å². The molecule has 1 aliphatic heterocycles. The zero-order valence-corrected chi connectivity index (χ0v) is 18.3. The number of anilines is 1. The second-order valence-corrected chi connectivity index (χ2v) is 9.85. The zero-order valence-electron chi connectivity index (χ0n) is 17.5. The normalized spacial score (nSPS) is 24.7. The molecule has 1 aliphatic carbocycles. The molecule has 1 N–H and O–H groups in total. The maximum absolute atomic E-state index is 13.4. The molecule has 0 radical (unpaired) electrons. The molecule has 2 aliphatic rings. The number of ketones is 1. The van der Waals surface area contributed by atoms with E-state index < -0.39 is 0 Å². The van der Waals surface area contributed by atoms with Crippen LogP contribution in [0.2, 0.25) is 5.02 Å². The summed E-state index contributed by atoms with van der Waals surface area (Å²) in [6.45, 7) is 6.42. The lowest BCUT2D eigenvalue weighted by molar-refractivity contribution is -0.128. The number of halogens is 1. The molecule has 2 aromatic carbocycles. The van der Waals surface area contributed by atoms with Gasteiger partial charge < -0.3 is 5.32 Å². The van der Waals surface area contributed by atoms with Crippen LogP contribution >= 0.6 is 11.6 Å². The van der Waals surface area contributed by atoms with Crippen LogP contribution in [0.1, 0.15) is 49.4 Å². The molecule has 30 heavy (non-hydrogen) atoms. The summed E-state index contributed by atoms with van der Waals surface area (Å²) in [5, 5.41) is 9.34. The van der Waals surface area contributed by atoms with Gasteiger partial charge in [-0.3, -0.25) is 4.79 Å². The number of aromatic nitrogens is 2. The number of rotatable bonds is 2. The predicted molar refractivity (Wildman–Crippen MR) is 121 cm³/mol. The fraction of sp³-hybridized carbons (Fsp3) is 0.360. The third-order valence-electron chi connectivity index (χ3n) is 6.56. The second kappa shape index (κ2) is 6.98. The minimum Gasteiger partial charge on any atom is -0.366 e. The van der Waals surface area contributed by atoms with Crippen molar-refractivity contribution in [2.24, 2.45) is 11.3 Å². The van der Waals surface area contributed by atoms with Crippen molar-refractivity contribution in [3.05, 3.63) is 76.4 Å². The van der Waals surface area contributed by atoms with Gasteiger partial charge in [0.25, 0.3) is 0 Å². The van der Waals surface area contributed by atoms with Crippen LogP contribution < -0.4 is 5.32 Å². The molecule has 3 aromatic rings. The number of hydrogen-bond donors (Lipinski definition) is 1. The Kier molecular flexibility index (Phi) is 4.51. The van der Waals surface area contributed by atoms with Crippen molar-refractivity contribution in [1.82, 2.24) is 9.78 Å². The molecule has 0 spiro atoms. The molecule has 0 saturated heterocycles. The molecule has 3 unspecified atom stereocenters. The molecule has 3 atom stereocenters. The molecular weight excluding hydrogens is 394 g/mol. The molecule has 4 nitrogen and oxygen atoms in total. The van der Waals surface area contributed by atoms with Crippen LogP contribution in [0.5, 0.6) is 0 Å². The highest BCUT2D eigenvalue weighted by molar-refractivity contribution is 6.30. The second-order valence-electron chi connectivity index (χ2n) is 9.41. The molecule has 5 heteroatoms. The fourth-order valence-electron chi connectivity index (χ4n) is 5.37. The number of para-hydroxylation sites is 1. The van der Waals surface area contributed by atoms with Crippen LogP contribution in [-0.4, -0.2) is 21.6 Å². The van der Waals surface area contributed by atoms with Gasteiger partial charge >= 0.3 is 0 Å². The van der Waals surface area contributed by atoms with Crippen LogP contribution in [0, 0.1) is 18.3 Å². The van der Waals surface area contributed by atoms with E-state index in [0.29, 0.717) is 17.2 Å². The van der Waals surface area contributed by atoms with E-state index in [9.17, 15) is 4.79 Å². The maximum Gasteiger partial charge on any atom is 0.139 e. The summed E-state index contributed by atoms with van der Waals surface area (Å²) in [4.78, 5) is 13.4. The lowest BCUT2D eigenvalue weighted by Crippen LogP contribution is -2.50. The van der Waals surface area contributed by atoms with Crippen molar-refractivity contribution in [3.63, 3.8) is 0 Å². The number of Topliss-reactive ketones (excluding diaryl/α,β-unsaturated/α-hetero) is 1. The number of benzene rings is 2. The highest BCUT2D eigenvalue weighted by Gasteiger charge is 2.49. The first kappa shape index (κ1) is 19.4. The summed E-state index contributed by atoms with van der Waals surface area (Å²) in [5.74, 6) is 1.22. The Morgan fingerprint density at radius 3 is 2.50 bits per heavy atom. The van der Waals surface area contributed by atoms with Crippen LogP contribution in [-0.2, 0) is 4.79 Å². The maximum atomic E-state index is 13.4. The van der Waals surface area contributed by atoms with Gasteiger partial charge in [0.2, 0.25) is 0 Å². The molecule has 1 aromatic heterocycles. The smallest absolute Gasteiger partial charge is 0.139 e. The Morgan fingerprint density at radius 2 is 1.80 bits per heavy atom. The van der Waals surface area contributed by atoms with Crippen molar-refractivity contribution < 1.29 is 4.79 Å². The van der Waals surface area contributed by atoms with Crippen molar-refractivity contribution in [2.75, 3.05) is 5.32 Å². The van der Waals surface area contributed by atoms with E-state index in [1.54, 1.807) is 0 Å². The van der Waals surface area contributed by atoms with Crippen molar-refractivity contribution in [3.8, 4) is 5.69 Å². The molecule has 0 bridgehead atoms. The largest absolute Gasteiger partial charge is 0.366 e. The van der Waals surface area contributed by atoms with E-state index in [2.05, 4.69) is 43.4 Å². The lowest BCUT2D eigenvalue weighted by Gasteiger charge is -2.46. The minimum atomic E-state index is -0.0983. The Bertz CT molecular complexity index is 1100. The van der Waals surface area contributed by atoms with E-state index in [4.69, 9.17) is 16.7 Å². The molecular formula is C25H26ClN3O. The van der Waals surface area contributed by atoms with E-state index in [1.807, 2.05) is 41.9 Å². The third-order valence-corrected chi connectivity index (χ3v) is 6.81. The lowest BCUT2D eigenvalue weighted by atomic mass is 9.62. The van der Waals surface area contributed by atoms with Gasteiger partial charge in [0, 0.05) is 34.9 Å². The Labute approximate surface area is 182 Å². The van der Waals surface area contributed by atoms with Gasteiger partial charge in [-0.25, -0.2) is 4.68 Å². The summed E-state index contributed by atoms with van der Waals surface area (Å²) >= 11 is 6.17. The number of hydrogen-bond acceptors (Lipinski definition) is 3. The van der Waals surface area contributed by atoms with Gasteiger partial charge in [-0.05, 0) is 48.6 Å². The van der Waals surface area contributed by atoms with Gasteiger partial charge in [0.05, 0.1) is 11.4 Å². The van der Waals surface area contributed by atoms with Crippen molar-refractivity contribution in [1.29, 1.82) is 0 Å². The molecule has 1 saturated carbocycles. The number of nitrogens with zero attached hydrogens (tertiary/aromatic N) is 2. The fourth-order valence-corrected chi connectivity index (χ4v) is 5.50. The summed E-state index contributed by atoms with van der Waals surface area (Å²) in [6.07, 6.45) is 1.56. The quantitative estimate of drug-likeness (QED) is 0.573. The third kappa shape index (κ3) is 3.14. The van der Waals surface area contributed by atoms with E-state index in [1.165, 1.54) is 0 Å². The average molecular weight is 420 g/mol. The van der Waals surface area contributed by atoms with E-state index in [0.717, 1.165) is 34.7 Å². The summed E-state index contributed by atoms with van der Waals surface area (Å²) in [5.41, 5.74) is 4.21. The highest BCUT2D eigenvalue weighted by Crippen LogP contribution is 2.51. The molecule has 154 valence electrons. The van der Waals surface area contributed by atoms with E-state index >= 15 is 0 Å². The Balaban J connectivity index is 1.72. The number of carbonyl (C=O) groups is 1. The predicted octanol–water partition coefficient (Wildman–Crippen LogP) is 5.77. The monoisotopic (exact) mass is 419 g/mol. The number of nitrogens with one attached hydrogen (secondary N) is 1. The Hall–Kier alpha value is -2.59. The number of fused-ring (bicyclic) bond motifs is 2. The molecule has 2 heterocycles. The van der Waals surface area contributed by atoms with Gasteiger partial charge in [0.1, 0.15) is 11.6 Å². The first-order valence-electron chi connectivity index (χ1n) is 10.5. The molecule has 0 amide bonds. The number of aryl methyl sites for hydroxylation is 1. The first-order chi connectivity index (χ1) is 14.3. The minimum absolute atomic E-state index is 0.0139. The first-order valence-corrected chi connectivity index (χ1v) is 10.9. The highest BCUT2D eigenvalue weighted by atomic mass is 35.5. The standard InChI is InChI=1S/C25H26ClN3O/c1-15-21-22(16-9-11-17(26)12-10-16)23-19(13-25(2,3)14-20(23)30)27-24(21)29(28-15)18-7-5-4-6-8-18/h4-12,19,22-23,27H,13-14H2,1-3H3. The summed E-state index contributed by atoms with van der Waals surface area (Å²) < 4.78 is 2.00. The van der Waals surface area contributed by atoms with Gasteiger partial charge in [-0.2, -0.15) is 5.10 Å². The SMILES string of the molecule is Cc1nn(-c2ccccc2)c2c1C(c1ccc(Cl)cc1)C1C(=O)CC(C)(C)CC1N2. The van der Waals surface area contributed by atoms with Crippen LogP contribution in [0.25, 0.3) is 5.69 Å².